The van der Waals surface area contributed by atoms with Crippen LogP contribution in [0.5, 0.6) is 17.2 Å². The average Bonchev–Trinajstić information content (AvgIpc) is 3.00. The Morgan fingerprint density at radius 1 is 1.00 bits per heavy atom. The topological polar surface area (TPSA) is 82.1 Å². The van der Waals surface area contributed by atoms with Crippen LogP contribution in [0.1, 0.15) is 19.3 Å². The second kappa shape index (κ2) is 8.83. The van der Waals surface area contributed by atoms with Crippen LogP contribution in [-0.2, 0) is 14.8 Å². The Balaban J connectivity index is 1.40. The lowest BCUT2D eigenvalue weighted by Crippen LogP contribution is -2.41. The van der Waals surface area contributed by atoms with E-state index in [4.69, 9.17) is 25.8 Å². The van der Waals surface area contributed by atoms with Crippen molar-refractivity contribution in [3.8, 4) is 17.2 Å². The number of carbonyl (C=O) groups is 1. The summed E-state index contributed by atoms with van der Waals surface area (Å²) in [5, 5.41) is 0.558. The van der Waals surface area contributed by atoms with Gasteiger partial charge in [0, 0.05) is 30.6 Å². The largest absolute Gasteiger partial charge is 0.490 e. The monoisotopic (exact) mass is 451 g/mol. The molecule has 0 aliphatic carbocycles. The molecule has 4 rings (SSSR count). The number of hydrogen-bond donors (Lipinski definition) is 0. The molecule has 9 heteroatoms. The van der Waals surface area contributed by atoms with E-state index in [0.29, 0.717) is 48.3 Å². The van der Waals surface area contributed by atoms with Gasteiger partial charge in [0.2, 0.25) is 10.0 Å². The first kappa shape index (κ1) is 21.0. The highest BCUT2D eigenvalue weighted by Crippen LogP contribution is 2.34. The Kier molecular flexibility index (Phi) is 6.17. The molecule has 0 saturated carbocycles. The lowest BCUT2D eigenvalue weighted by Gasteiger charge is -2.30. The summed E-state index contributed by atoms with van der Waals surface area (Å²) in [6.07, 6.45) is 1.54. The SMILES string of the molecule is O=C(Oc1ccc(Cl)cc1)C1CCN(S(=O)(=O)c2ccc3c(c2)OCCCO3)CC1. The van der Waals surface area contributed by atoms with E-state index in [9.17, 15) is 13.2 Å². The number of hydrogen-bond acceptors (Lipinski definition) is 6. The summed E-state index contributed by atoms with van der Waals surface area (Å²) in [5.74, 6) is 0.706. The highest BCUT2D eigenvalue weighted by molar-refractivity contribution is 7.89. The maximum absolute atomic E-state index is 13.1. The molecule has 0 unspecified atom stereocenters. The van der Waals surface area contributed by atoms with E-state index in [1.807, 2.05) is 0 Å². The van der Waals surface area contributed by atoms with E-state index in [-0.39, 0.29) is 29.9 Å². The normalized spacial score (nSPS) is 17.9. The van der Waals surface area contributed by atoms with Crippen LogP contribution in [0.3, 0.4) is 0 Å². The van der Waals surface area contributed by atoms with Crippen LogP contribution < -0.4 is 14.2 Å². The third-order valence-electron chi connectivity index (χ3n) is 5.18. The van der Waals surface area contributed by atoms with Crippen LogP contribution in [0.15, 0.2) is 47.4 Å². The van der Waals surface area contributed by atoms with Gasteiger partial charge in [-0.25, -0.2) is 8.42 Å². The standard InChI is InChI=1S/C21H22ClNO6S/c22-16-2-4-17(5-3-16)29-21(24)15-8-10-23(11-9-15)30(25,26)18-6-7-19-20(14-18)28-13-1-12-27-19/h2-7,14-15H,1,8-13H2. The molecule has 1 saturated heterocycles. The van der Waals surface area contributed by atoms with Crippen molar-refractivity contribution in [1.82, 2.24) is 4.31 Å². The lowest BCUT2D eigenvalue weighted by atomic mass is 9.98. The quantitative estimate of drug-likeness (QED) is 0.522. The van der Waals surface area contributed by atoms with Crippen molar-refractivity contribution < 1.29 is 27.4 Å². The first-order valence-electron chi connectivity index (χ1n) is 9.80. The molecular weight excluding hydrogens is 430 g/mol. The molecule has 160 valence electrons. The number of halogens is 1. The van der Waals surface area contributed by atoms with Crippen molar-refractivity contribution >= 4 is 27.6 Å². The van der Waals surface area contributed by atoms with Crippen LogP contribution in [0, 0.1) is 5.92 Å². The van der Waals surface area contributed by atoms with Crippen molar-refractivity contribution in [3.05, 3.63) is 47.5 Å². The van der Waals surface area contributed by atoms with Gasteiger partial charge >= 0.3 is 5.97 Å². The van der Waals surface area contributed by atoms with Gasteiger partial charge in [0.1, 0.15) is 5.75 Å². The molecule has 0 radical (unpaired) electrons. The van der Waals surface area contributed by atoms with Gasteiger partial charge in [0.25, 0.3) is 0 Å². The zero-order valence-corrected chi connectivity index (χ0v) is 17.8. The number of ether oxygens (including phenoxy) is 3. The van der Waals surface area contributed by atoms with Gasteiger partial charge < -0.3 is 14.2 Å². The number of piperidine rings is 1. The van der Waals surface area contributed by atoms with Crippen molar-refractivity contribution in [3.63, 3.8) is 0 Å². The minimum Gasteiger partial charge on any atom is -0.490 e. The minimum absolute atomic E-state index is 0.161. The first-order valence-corrected chi connectivity index (χ1v) is 11.6. The van der Waals surface area contributed by atoms with Gasteiger partial charge in [-0.15, -0.1) is 0 Å². The zero-order valence-electron chi connectivity index (χ0n) is 16.3. The summed E-state index contributed by atoms with van der Waals surface area (Å²) < 4.78 is 44.1. The molecule has 0 spiro atoms. The van der Waals surface area contributed by atoms with Crippen molar-refractivity contribution in [2.45, 2.75) is 24.2 Å². The summed E-state index contributed by atoms with van der Waals surface area (Å²) >= 11 is 5.84. The van der Waals surface area contributed by atoms with Crippen LogP contribution >= 0.6 is 11.6 Å². The smallest absolute Gasteiger partial charge is 0.314 e. The van der Waals surface area contributed by atoms with Crippen molar-refractivity contribution in [2.24, 2.45) is 5.92 Å². The van der Waals surface area contributed by atoms with E-state index in [1.165, 1.54) is 16.4 Å². The maximum Gasteiger partial charge on any atom is 0.314 e. The van der Waals surface area contributed by atoms with Crippen LogP contribution in [0.4, 0.5) is 0 Å². The van der Waals surface area contributed by atoms with E-state index in [0.717, 1.165) is 6.42 Å². The highest BCUT2D eigenvalue weighted by Gasteiger charge is 2.33. The Morgan fingerprint density at radius 3 is 2.37 bits per heavy atom. The summed E-state index contributed by atoms with van der Waals surface area (Å²) in [6, 6.07) is 11.2. The molecule has 0 amide bonds. The van der Waals surface area contributed by atoms with E-state index < -0.39 is 10.0 Å². The Labute approximate surface area is 180 Å². The lowest BCUT2D eigenvalue weighted by molar-refractivity contribution is -0.140. The molecule has 2 aliphatic rings. The van der Waals surface area contributed by atoms with Gasteiger partial charge in [-0.1, -0.05) is 11.6 Å². The van der Waals surface area contributed by atoms with Crippen molar-refractivity contribution in [1.29, 1.82) is 0 Å². The van der Waals surface area contributed by atoms with Crippen LogP contribution in [0.2, 0.25) is 5.02 Å². The van der Waals surface area contributed by atoms with Gasteiger partial charge in [-0.2, -0.15) is 4.31 Å². The van der Waals surface area contributed by atoms with E-state index in [1.54, 1.807) is 30.3 Å². The molecule has 0 aromatic heterocycles. The molecule has 7 nitrogen and oxygen atoms in total. The Hall–Kier alpha value is -2.29. The van der Waals surface area contributed by atoms with Crippen molar-refractivity contribution in [2.75, 3.05) is 26.3 Å². The molecule has 2 aliphatic heterocycles. The van der Waals surface area contributed by atoms with Gasteiger partial charge in [0.05, 0.1) is 24.0 Å². The van der Waals surface area contributed by atoms with Crippen LogP contribution in [0.25, 0.3) is 0 Å². The Bertz CT molecular complexity index is 1020. The molecule has 0 atom stereocenters. The molecule has 2 aromatic rings. The minimum atomic E-state index is -3.69. The number of rotatable bonds is 4. The summed E-state index contributed by atoms with van der Waals surface area (Å²) in [4.78, 5) is 12.6. The fourth-order valence-electron chi connectivity index (χ4n) is 3.49. The molecule has 0 bridgehead atoms. The number of benzene rings is 2. The molecule has 30 heavy (non-hydrogen) atoms. The second-order valence-corrected chi connectivity index (χ2v) is 9.59. The second-order valence-electron chi connectivity index (χ2n) is 7.21. The molecular formula is C21H22ClNO6S. The fourth-order valence-corrected chi connectivity index (χ4v) is 5.10. The molecule has 2 heterocycles. The summed E-state index contributed by atoms with van der Waals surface area (Å²) in [5.41, 5.74) is 0. The number of fused-ring (bicyclic) bond motifs is 1. The summed E-state index contributed by atoms with van der Waals surface area (Å²) in [6.45, 7) is 1.52. The molecule has 1 fully saturated rings. The Morgan fingerprint density at radius 2 is 1.67 bits per heavy atom. The number of nitrogens with zero attached hydrogens (tertiary/aromatic N) is 1. The molecule has 0 N–H and O–H groups in total. The fraction of sp³-hybridized carbons (Fsp3) is 0.381. The first-order chi connectivity index (χ1) is 14.4. The van der Waals surface area contributed by atoms with Gasteiger partial charge in [0.15, 0.2) is 11.5 Å². The summed E-state index contributed by atoms with van der Waals surface area (Å²) in [7, 11) is -3.69. The van der Waals surface area contributed by atoms with Gasteiger partial charge in [-0.3, -0.25) is 4.79 Å². The van der Waals surface area contributed by atoms with Gasteiger partial charge in [-0.05, 0) is 49.2 Å². The van der Waals surface area contributed by atoms with E-state index >= 15 is 0 Å². The highest BCUT2D eigenvalue weighted by atomic mass is 35.5. The number of sulfonamides is 1. The average molecular weight is 452 g/mol. The number of esters is 1. The third-order valence-corrected chi connectivity index (χ3v) is 7.32. The van der Waals surface area contributed by atoms with E-state index in [2.05, 4.69) is 0 Å². The molecule has 2 aromatic carbocycles. The predicted octanol–water partition coefficient (Wildman–Crippen LogP) is 3.51. The zero-order chi connectivity index (χ0) is 21.1. The number of carbonyl (C=O) groups excluding carboxylic acids is 1. The maximum atomic E-state index is 13.1. The van der Waals surface area contributed by atoms with Crippen LogP contribution in [-0.4, -0.2) is 45.0 Å². The third kappa shape index (κ3) is 4.55. The predicted molar refractivity (Wildman–Crippen MR) is 111 cm³/mol.